The standard InChI is InChI=1S/C14H9F6N3O3S/c1-23-10(6-11(22-23)13(15,16)17)7-2-3-9-8(4-7)5-12(21-9)26-27(24,25)14(18,19)20/h2-6,21H,1H3. The van der Waals surface area contributed by atoms with E-state index in [1.165, 1.54) is 25.2 Å². The zero-order valence-electron chi connectivity index (χ0n) is 13.2. The van der Waals surface area contributed by atoms with Gasteiger partial charge in [-0.3, -0.25) is 4.68 Å². The van der Waals surface area contributed by atoms with Gasteiger partial charge in [0, 0.05) is 29.6 Å². The van der Waals surface area contributed by atoms with Crippen LogP contribution in [-0.2, 0) is 23.3 Å². The fraction of sp³-hybridized carbons (Fsp3) is 0.214. The second-order valence-electron chi connectivity index (χ2n) is 5.46. The van der Waals surface area contributed by atoms with Gasteiger partial charge in [0.2, 0.25) is 5.88 Å². The summed E-state index contributed by atoms with van der Waals surface area (Å²) in [5.74, 6) is -0.680. The lowest BCUT2D eigenvalue weighted by Crippen LogP contribution is -2.28. The zero-order chi connectivity index (χ0) is 20.2. The molecule has 13 heteroatoms. The predicted octanol–water partition coefficient (Wildman–Crippen LogP) is 3.82. The molecule has 0 amide bonds. The number of nitrogens with zero attached hydrogens (tertiary/aromatic N) is 2. The first-order valence-corrected chi connectivity index (χ1v) is 8.44. The largest absolute Gasteiger partial charge is 0.534 e. The summed E-state index contributed by atoms with van der Waals surface area (Å²) < 4.78 is 102. The van der Waals surface area contributed by atoms with Crippen LogP contribution in [0, 0.1) is 0 Å². The molecule has 1 aromatic carbocycles. The van der Waals surface area contributed by atoms with Crippen LogP contribution in [0.3, 0.4) is 0 Å². The molecular weight excluding hydrogens is 404 g/mol. The van der Waals surface area contributed by atoms with Gasteiger partial charge in [-0.25, -0.2) is 0 Å². The molecule has 0 atom stereocenters. The van der Waals surface area contributed by atoms with Crippen LogP contribution in [-0.4, -0.2) is 28.7 Å². The van der Waals surface area contributed by atoms with Gasteiger partial charge in [0.15, 0.2) is 5.69 Å². The Morgan fingerprint density at radius 3 is 2.30 bits per heavy atom. The Morgan fingerprint density at radius 1 is 1.07 bits per heavy atom. The van der Waals surface area contributed by atoms with E-state index in [4.69, 9.17) is 0 Å². The van der Waals surface area contributed by atoms with Crippen molar-refractivity contribution in [2.24, 2.45) is 7.05 Å². The van der Waals surface area contributed by atoms with E-state index >= 15 is 0 Å². The third-order valence-electron chi connectivity index (χ3n) is 3.55. The summed E-state index contributed by atoms with van der Waals surface area (Å²) >= 11 is 0. The van der Waals surface area contributed by atoms with Gasteiger partial charge in [0.25, 0.3) is 0 Å². The van der Waals surface area contributed by atoms with Gasteiger partial charge >= 0.3 is 21.8 Å². The Bertz CT molecular complexity index is 1110. The molecule has 0 aliphatic heterocycles. The average Bonchev–Trinajstić information content (AvgIpc) is 3.07. The summed E-state index contributed by atoms with van der Waals surface area (Å²) in [6.07, 6.45) is -4.64. The molecule has 3 rings (SSSR count). The van der Waals surface area contributed by atoms with Gasteiger partial charge in [0.05, 0.1) is 5.69 Å². The van der Waals surface area contributed by atoms with E-state index in [-0.39, 0.29) is 22.2 Å². The van der Waals surface area contributed by atoms with Crippen molar-refractivity contribution in [3.63, 3.8) is 0 Å². The number of hydrogen-bond donors (Lipinski definition) is 1. The molecule has 0 aliphatic carbocycles. The summed E-state index contributed by atoms with van der Waals surface area (Å²) in [5, 5.41) is 3.61. The number of halogens is 6. The van der Waals surface area contributed by atoms with Crippen LogP contribution < -0.4 is 4.18 Å². The predicted molar refractivity (Wildman–Crippen MR) is 81.1 cm³/mol. The van der Waals surface area contributed by atoms with E-state index in [2.05, 4.69) is 14.3 Å². The fourth-order valence-electron chi connectivity index (χ4n) is 2.35. The molecule has 0 spiro atoms. The third-order valence-corrected chi connectivity index (χ3v) is 4.51. The second-order valence-corrected chi connectivity index (χ2v) is 6.99. The zero-order valence-corrected chi connectivity index (χ0v) is 14.0. The molecule has 0 bridgehead atoms. The van der Waals surface area contributed by atoms with Crippen molar-refractivity contribution in [3.8, 4) is 17.1 Å². The first-order chi connectivity index (χ1) is 12.3. The number of aromatic nitrogens is 3. The summed E-state index contributed by atoms with van der Waals surface area (Å²) in [4.78, 5) is 2.34. The lowest BCUT2D eigenvalue weighted by Gasteiger charge is -2.06. The van der Waals surface area contributed by atoms with Crippen LogP contribution >= 0.6 is 0 Å². The lowest BCUT2D eigenvalue weighted by molar-refractivity contribution is -0.141. The molecule has 3 aromatic rings. The van der Waals surface area contributed by atoms with Gasteiger partial charge in [-0.05, 0) is 18.2 Å². The monoisotopic (exact) mass is 413 g/mol. The minimum atomic E-state index is -5.85. The molecule has 0 saturated carbocycles. The SMILES string of the molecule is Cn1nc(C(F)(F)F)cc1-c1ccc2[nH]c(OS(=O)(=O)C(F)(F)F)cc2c1. The number of aromatic amines is 1. The summed E-state index contributed by atoms with van der Waals surface area (Å²) in [7, 11) is -4.55. The van der Waals surface area contributed by atoms with E-state index in [0.717, 1.165) is 16.8 Å². The van der Waals surface area contributed by atoms with Crippen molar-refractivity contribution < 1.29 is 38.9 Å². The van der Waals surface area contributed by atoms with E-state index in [9.17, 15) is 34.8 Å². The van der Waals surface area contributed by atoms with Crippen LogP contribution in [0.25, 0.3) is 22.2 Å². The van der Waals surface area contributed by atoms with E-state index in [1.54, 1.807) is 0 Å². The van der Waals surface area contributed by atoms with Gasteiger partial charge in [-0.15, -0.1) is 0 Å². The molecule has 2 aromatic heterocycles. The van der Waals surface area contributed by atoms with E-state index in [1.807, 2.05) is 0 Å². The van der Waals surface area contributed by atoms with E-state index in [0.29, 0.717) is 0 Å². The molecule has 146 valence electrons. The lowest BCUT2D eigenvalue weighted by atomic mass is 10.1. The number of benzene rings is 1. The first kappa shape index (κ1) is 19.1. The van der Waals surface area contributed by atoms with Crippen molar-refractivity contribution >= 4 is 21.0 Å². The molecule has 0 fully saturated rings. The Hall–Kier alpha value is -2.70. The van der Waals surface area contributed by atoms with Gasteiger partial charge in [-0.1, -0.05) is 6.07 Å². The van der Waals surface area contributed by atoms with Crippen LogP contribution in [0.4, 0.5) is 26.3 Å². The summed E-state index contributed by atoms with van der Waals surface area (Å²) in [6, 6.07) is 5.93. The molecule has 6 nitrogen and oxygen atoms in total. The summed E-state index contributed by atoms with van der Waals surface area (Å²) in [5.41, 5.74) is -6.08. The Morgan fingerprint density at radius 2 is 1.74 bits per heavy atom. The number of hydrogen-bond acceptors (Lipinski definition) is 4. The molecular formula is C14H9F6N3O3S. The maximum atomic E-state index is 12.8. The number of aryl methyl sites for hydroxylation is 1. The van der Waals surface area contributed by atoms with Crippen molar-refractivity contribution in [1.82, 2.24) is 14.8 Å². The van der Waals surface area contributed by atoms with E-state index < -0.39 is 33.4 Å². The number of nitrogens with one attached hydrogen (secondary N) is 1. The quantitative estimate of drug-likeness (QED) is 0.403. The van der Waals surface area contributed by atoms with Crippen LogP contribution in [0.5, 0.6) is 5.88 Å². The molecule has 0 radical (unpaired) electrons. The highest BCUT2D eigenvalue weighted by atomic mass is 32.2. The Labute approximate surface area is 147 Å². The van der Waals surface area contributed by atoms with Gasteiger partial charge < -0.3 is 9.17 Å². The Kier molecular flexibility index (Phi) is 4.17. The first-order valence-electron chi connectivity index (χ1n) is 7.03. The number of H-pyrrole nitrogens is 1. The molecule has 0 unspecified atom stereocenters. The third kappa shape index (κ3) is 3.59. The van der Waals surface area contributed by atoms with Crippen molar-refractivity contribution in [3.05, 3.63) is 36.0 Å². The second kappa shape index (κ2) is 5.90. The number of alkyl halides is 6. The fourth-order valence-corrected chi connectivity index (χ4v) is 2.77. The molecule has 0 aliphatic rings. The highest BCUT2D eigenvalue weighted by Crippen LogP contribution is 2.33. The topological polar surface area (TPSA) is 77.0 Å². The summed E-state index contributed by atoms with van der Waals surface area (Å²) in [6.45, 7) is 0. The molecule has 1 N–H and O–H groups in total. The molecule has 27 heavy (non-hydrogen) atoms. The van der Waals surface area contributed by atoms with Crippen molar-refractivity contribution in [1.29, 1.82) is 0 Å². The van der Waals surface area contributed by atoms with Gasteiger partial charge in [0.1, 0.15) is 0 Å². The van der Waals surface area contributed by atoms with Gasteiger partial charge in [-0.2, -0.15) is 39.9 Å². The van der Waals surface area contributed by atoms with Crippen molar-refractivity contribution in [2.75, 3.05) is 0 Å². The normalized spacial score (nSPS) is 13.3. The number of rotatable bonds is 3. The van der Waals surface area contributed by atoms with Crippen LogP contribution in [0.2, 0.25) is 0 Å². The maximum absolute atomic E-state index is 12.8. The minimum absolute atomic E-state index is 0.107. The number of fused-ring (bicyclic) bond motifs is 1. The maximum Gasteiger partial charge on any atom is 0.534 e. The smallest absolute Gasteiger partial charge is 0.357 e. The minimum Gasteiger partial charge on any atom is -0.357 e. The highest BCUT2D eigenvalue weighted by Gasteiger charge is 2.48. The average molecular weight is 413 g/mol. The molecule has 0 saturated heterocycles. The van der Waals surface area contributed by atoms with Crippen molar-refractivity contribution in [2.45, 2.75) is 11.7 Å². The highest BCUT2D eigenvalue weighted by molar-refractivity contribution is 7.87. The van der Waals surface area contributed by atoms with Crippen LogP contribution in [0.15, 0.2) is 30.3 Å². The van der Waals surface area contributed by atoms with Crippen LogP contribution in [0.1, 0.15) is 5.69 Å². The molecule has 2 heterocycles. The Balaban J connectivity index is 1.99.